The van der Waals surface area contributed by atoms with Crippen LogP contribution in [-0.4, -0.2) is 44.2 Å². The molecule has 108 valence electrons. The standard InChI is InChI=1S/C9H16N4O4S2/c1-13-5-8(9(10)11-13)19(16,17)12-7-3-2-4-18(14,15)6-7/h5,7,12H,2-4,6H2,1H3,(H2,10,11). The molecular weight excluding hydrogens is 292 g/mol. The first-order chi connectivity index (χ1) is 8.70. The van der Waals surface area contributed by atoms with Crippen molar-refractivity contribution in [1.82, 2.24) is 14.5 Å². The summed E-state index contributed by atoms with van der Waals surface area (Å²) in [5, 5.41) is 3.76. The normalized spacial score (nSPS) is 23.3. The predicted octanol–water partition coefficient (Wildman–Crippen LogP) is -1.14. The van der Waals surface area contributed by atoms with Gasteiger partial charge in [0.1, 0.15) is 4.90 Å². The van der Waals surface area contributed by atoms with Crippen LogP contribution >= 0.6 is 0 Å². The summed E-state index contributed by atoms with van der Waals surface area (Å²) in [4.78, 5) is -0.127. The molecule has 8 nitrogen and oxygen atoms in total. The molecule has 1 aliphatic heterocycles. The van der Waals surface area contributed by atoms with Crippen LogP contribution in [0.1, 0.15) is 12.8 Å². The summed E-state index contributed by atoms with van der Waals surface area (Å²) in [6.45, 7) is 0. The van der Waals surface area contributed by atoms with Gasteiger partial charge in [-0.3, -0.25) is 4.68 Å². The fraction of sp³-hybridized carbons (Fsp3) is 0.667. The van der Waals surface area contributed by atoms with E-state index in [4.69, 9.17) is 5.73 Å². The highest BCUT2D eigenvalue weighted by Crippen LogP contribution is 2.19. The van der Waals surface area contributed by atoms with Crippen LogP contribution in [0.15, 0.2) is 11.1 Å². The number of nitrogens with zero attached hydrogens (tertiary/aromatic N) is 2. The summed E-state index contributed by atoms with van der Waals surface area (Å²) >= 11 is 0. The van der Waals surface area contributed by atoms with E-state index < -0.39 is 25.9 Å². The SMILES string of the molecule is Cn1cc(S(=O)(=O)NC2CCCS(=O)(=O)C2)c(N)n1. The van der Waals surface area contributed by atoms with E-state index in [1.807, 2.05) is 0 Å². The van der Waals surface area contributed by atoms with E-state index in [1.165, 1.54) is 10.9 Å². The molecule has 2 heterocycles. The van der Waals surface area contributed by atoms with Crippen LogP contribution in [0.25, 0.3) is 0 Å². The molecule has 1 atom stereocenters. The highest BCUT2D eigenvalue weighted by molar-refractivity contribution is 7.91. The molecule has 1 saturated heterocycles. The van der Waals surface area contributed by atoms with E-state index in [0.29, 0.717) is 12.8 Å². The Morgan fingerprint density at radius 1 is 1.53 bits per heavy atom. The van der Waals surface area contributed by atoms with Crippen LogP contribution < -0.4 is 10.5 Å². The minimum absolute atomic E-state index is 0.103. The topological polar surface area (TPSA) is 124 Å². The number of rotatable bonds is 3. The summed E-state index contributed by atoms with van der Waals surface area (Å²) in [6, 6.07) is -0.608. The second-order valence-electron chi connectivity index (χ2n) is 4.63. The number of hydrogen-bond acceptors (Lipinski definition) is 6. The van der Waals surface area contributed by atoms with Crippen molar-refractivity contribution >= 4 is 25.7 Å². The molecule has 2 rings (SSSR count). The highest BCUT2D eigenvalue weighted by atomic mass is 32.2. The van der Waals surface area contributed by atoms with Gasteiger partial charge in [-0.1, -0.05) is 0 Å². The number of aromatic nitrogens is 2. The zero-order valence-corrected chi connectivity index (χ0v) is 12.0. The molecule has 0 radical (unpaired) electrons. The lowest BCUT2D eigenvalue weighted by Crippen LogP contribution is -2.43. The summed E-state index contributed by atoms with van der Waals surface area (Å²) in [5.41, 5.74) is 5.52. The lowest BCUT2D eigenvalue weighted by molar-refractivity contribution is 0.517. The maximum absolute atomic E-state index is 12.1. The van der Waals surface area contributed by atoms with Gasteiger partial charge in [-0.15, -0.1) is 0 Å². The largest absolute Gasteiger partial charge is 0.381 e. The van der Waals surface area contributed by atoms with Gasteiger partial charge in [0.05, 0.1) is 11.5 Å². The average Bonchev–Trinajstić information content (AvgIpc) is 2.56. The zero-order chi connectivity index (χ0) is 14.3. The molecule has 0 amide bonds. The van der Waals surface area contributed by atoms with Crippen molar-refractivity contribution in [3.8, 4) is 0 Å². The van der Waals surface area contributed by atoms with Crippen molar-refractivity contribution < 1.29 is 16.8 Å². The fourth-order valence-corrected chi connectivity index (χ4v) is 5.21. The maximum atomic E-state index is 12.1. The number of nitrogen functional groups attached to an aromatic ring is 1. The average molecular weight is 308 g/mol. The quantitative estimate of drug-likeness (QED) is 0.727. The van der Waals surface area contributed by atoms with Crippen LogP contribution in [0.2, 0.25) is 0 Å². The van der Waals surface area contributed by atoms with Gasteiger partial charge >= 0.3 is 0 Å². The van der Waals surface area contributed by atoms with Crippen molar-refractivity contribution in [2.45, 2.75) is 23.8 Å². The van der Waals surface area contributed by atoms with E-state index >= 15 is 0 Å². The fourth-order valence-electron chi connectivity index (χ4n) is 2.09. The molecule has 10 heteroatoms. The summed E-state index contributed by atoms with van der Waals surface area (Å²) in [6.07, 6.45) is 2.24. The molecule has 1 unspecified atom stereocenters. The number of nitrogens with one attached hydrogen (secondary N) is 1. The molecule has 1 aromatic heterocycles. The van der Waals surface area contributed by atoms with Gasteiger partial charge in [-0.25, -0.2) is 21.6 Å². The smallest absolute Gasteiger partial charge is 0.246 e. The van der Waals surface area contributed by atoms with E-state index in [0.717, 1.165) is 0 Å². The molecule has 0 saturated carbocycles. The van der Waals surface area contributed by atoms with Crippen LogP contribution in [0.4, 0.5) is 5.82 Å². The summed E-state index contributed by atoms with van der Waals surface area (Å²) < 4.78 is 50.8. The molecule has 1 aromatic rings. The Kier molecular flexibility index (Phi) is 3.58. The Morgan fingerprint density at radius 2 is 2.21 bits per heavy atom. The minimum atomic E-state index is -3.84. The Bertz CT molecular complexity index is 677. The molecule has 0 aromatic carbocycles. The number of nitrogens with two attached hydrogens (primary N) is 1. The summed E-state index contributed by atoms with van der Waals surface area (Å²) in [7, 11) is -5.46. The molecule has 0 bridgehead atoms. The van der Waals surface area contributed by atoms with Gasteiger partial charge in [0.25, 0.3) is 0 Å². The van der Waals surface area contributed by atoms with Crippen molar-refractivity contribution in [2.24, 2.45) is 7.05 Å². The van der Waals surface area contributed by atoms with Crippen LogP contribution in [0, 0.1) is 0 Å². The van der Waals surface area contributed by atoms with E-state index in [-0.39, 0.29) is 22.2 Å². The molecular formula is C9H16N4O4S2. The molecule has 0 aliphatic carbocycles. The Balaban J connectivity index is 2.20. The van der Waals surface area contributed by atoms with Gasteiger partial charge in [0.2, 0.25) is 10.0 Å². The number of sulfone groups is 1. The second-order valence-corrected chi connectivity index (χ2v) is 8.54. The monoisotopic (exact) mass is 308 g/mol. The highest BCUT2D eigenvalue weighted by Gasteiger charge is 2.30. The number of hydrogen-bond donors (Lipinski definition) is 2. The lowest BCUT2D eigenvalue weighted by atomic mass is 10.2. The first kappa shape index (κ1) is 14.3. The van der Waals surface area contributed by atoms with E-state index in [1.54, 1.807) is 7.05 Å². The number of anilines is 1. The van der Waals surface area contributed by atoms with Gasteiger partial charge in [0, 0.05) is 19.3 Å². The molecule has 1 fully saturated rings. The van der Waals surface area contributed by atoms with Gasteiger partial charge in [-0.05, 0) is 12.8 Å². The first-order valence-corrected chi connectivity index (χ1v) is 9.02. The van der Waals surface area contributed by atoms with Crippen molar-refractivity contribution in [3.63, 3.8) is 0 Å². The maximum Gasteiger partial charge on any atom is 0.246 e. The van der Waals surface area contributed by atoms with Gasteiger partial charge in [-0.2, -0.15) is 5.10 Å². The first-order valence-electron chi connectivity index (χ1n) is 5.71. The Labute approximate surface area is 111 Å². The molecule has 1 aliphatic rings. The zero-order valence-electron chi connectivity index (χ0n) is 10.4. The third-order valence-electron chi connectivity index (χ3n) is 2.90. The van der Waals surface area contributed by atoms with Crippen LogP contribution in [0.5, 0.6) is 0 Å². The second kappa shape index (κ2) is 4.76. The van der Waals surface area contributed by atoms with Crippen molar-refractivity contribution in [3.05, 3.63) is 6.20 Å². The van der Waals surface area contributed by atoms with Gasteiger partial charge < -0.3 is 5.73 Å². The Hall–Kier alpha value is -1.13. The number of aryl methyl sites for hydroxylation is 1. The number of sulfonamides is 1. The lowest BCUT2D eigenvalue weighted by Gasteiger charge is -2.22. The van der Waals surface area contributed by atoms with Crippen LogP contribution in [-0.2, 0) is 26.9 Å². The minimum Gasteiger partial charge on any atom is -0.381 e. The molecule has 0 spiro atoms. The third kappa shape index (κ3) is 3.25. The molecule has 19 heavy (non-hydrogen) atoms. The van der Waals surface area contributed by atoms with Crippen molar-refractivity contribution in [1.29, 1.82) is 0 Å². The van der Waals surface area contributed by atoms with E-state index in [2.05, 4.69) is 9.82 Å². The van der Waals surface area contributed by atoms with Crippen molar-refractivity contribution in [2.75, 3.05) is 17.2 Å². The third-order valence-corrected chi connectivity index (χ3v) is 6.25. The predicted molar refractivity (Wildman–Crippen MR) is 69.6 cm³/mol. The van der Waals surface area contributed by atoms with Crippen LogP contribution in [0.3, 0.4) is 0 Å². The van der Waals surface area contributed by atoms with Gasteiger partial charge in [0.15, 0.2) is 15.7 Å². The molecule has 3 N–H and O–H groups in total. The summed E-state index contributed by atoms with van der Waals surface area (Å²) in [5.74, 6) is -0.166. The Morgan fingerprint density at radius 3 is 2.74 bits per heavy atom. The van der Waals surface area contributed by atoms with E-state index in [9.17, 15) is 16.8 Å².